The third-order valence-electron chi connectivity index (χ3n) is 2.89. The highest BCUT2D eigenvalue weighted by Gasteiger charge is 2.27. The van der Waals surface area contributed by atoms with Crippen LogP contribution in [0.25, 0.3) is 0 Å². The predicted octanol–water partition coefficient (Wildman–Crippen LogP) is 2.24. The van der Waals surface area contributed by atoms with Gasteiger partial charge in [-0.3, -0.25) is 4.79 Å². The summed E-state index contributed by atoms with van der Waals surface area (Å²) < 4.78 is 5.11. The Balaban J connectivity index is 2.98. The van der Waals surface area contributed by atoms with Gasteiger partial charge in [-0.2, -0.15) is 0 Å². The molecular formula is C13H18ClNO3. The van der Waals surface area contributed by atoms with Crippen LogP contribution in [-0.2, 0) is 0 Å². The molecular weight excluding hydrogens is 254 g/mol. The van der Waals surface area contributed by atoms with E-state index in [9.17, 15) is 9.90 Å². The molecule has 0 saturated carbocycles. The summed E-state index contributed by atoms with van der Waals surface area (Å²) >= 11 is 5.83. The van der Waals surface area contributed by atoms with E-state index in [4.69, 9.17) is 16.3 Å². The highest BCUT2D eigenvalue weighted by molar-refractivity contribution is 6.30. The first-order chi connectivity index (χ1) is 8.27. The van der Waals surface area contributed by atoms with Crippen molar-refractivity contribution < 1.29 is 14.6 Å². The third kappa shape index (κ3) is 3.37. The van der Waals surface area contributed by atoms with E-state index >= 15 is 0 Å². The first-order valence-corrected chi connectivity index (χ1v) is 6.00. The lowest BCUT2D eigenvalue weighted by Crippen LogP contribution is -2.51. The Hall–Kier alpha value is -1.26. The molecule has 0 saturated heterocycles. The zero-order chi connectivity index (χ0) is 13.9. The van der Waals surface area contributed by atoms with Gasteiger partial charge in [0.2, 0.25) is 0 Å². The number of carbonyl (C=O) groups excluding carboxylic acids is 1. The maximum Gasteiger partial charge on any atom is 0.255 e. The van der Waals surface area contributed by atoms with Gasteiger partial charge in [0.1, 0.15) is 5.75 Å². The minimum Gasteiger partial charge on any atom is -0.496 e. The fourth-order valence-electron chi connectivity index (χ4n) is 1.32. The summed E-state index contributed by atoms with van der Waals surface area (Å²) in [4.78, 5) is 12.1. The van der Waals surface area contributed by atoms with Crippen LogP contribution in [0.4, 0.5) is 0 Å². The summed E-state index contributed by atoms with van der Waals surface area (Å²) in [5.41, 5.74) is -0.336. The van der Waals surface area contributed by atoms with Crippen LogP contribution in [0.15, 0.2) is 18.2 Å². The summed E-state index contributed by atoms with van der Waals surface area (Å²) in [7, 11) is 1.47. The second kappa shape index (κ2) is 5.59. The average molecular weight is 272 g/mol. The van der Waals surface area contributed by atoms with Gasteiger partial charge in [-0.25, -0.2) is 0 Å². The first kappa shape index (κ1) is 14.8. The van der Waals surface area contributed by atoms with E-state index in [1.807, 2.05) is 0 Å². The molecule has 0 aromatic heterocycles. The second-order valence-corrected chi connectivity index (χ2v) is 5.13. The summed E-state index contributed by atoms with van der Waals surface area (Å²) in [6.07, 6.45) is -0.667. The van der Waals surface area contributed by atoms with Crippen LogP contribution in [0.5, 0.6) is 5.75 Å². The van der Waals surface area contributed by atoms with Crippen molar-refractivity contribution >= 4 is 17.5 Å². The van der Waals surface area contributed by atoms with E-state index in [0.717, 1.165) is 0 Å². The lowest BCUT2D eigenvalue weighted by molar-refractivity contribution is 0.0707. The molecule has 1 atom stereocenters. The molecule has 0 aliphatic rings. The predicted molar refractivity (Wildman–Crippen MR) is 71.2 cm³/mol. The zero-order valence-electron chi connectivity index (χ0n) is 11.0. The Kier molecular flexibility index (Phi) is 4.59. The smallest absolute Gasteiger partial charge is 0.255 e. The maximum atomic E-state index is 12.1. The number of aliphatic hydroxyl groups excluding tert-OH is 1. The largest absolute Gasteiger partial charge is 0.496 e. The average Bonchev–Trinajstić information content (AvgIpc) is 2.27. The second-order valence-electron chi connectivity index (χ2n) is 4.70. The van der Waals surface area contributed by atoms with Crippen molar-refractivity contribution in [3.63, 3.8) is 0 Å². The quantitative estimate of drug-likeness (QED) is 0.883. The van der Waals surface area contributed by atoms with E-state index in [1.54, 1.807) is 39.0 Å². The van der Waals surface area contributed by atoms with Crippen LogP contribution < -0.4 is 10.1 Å². The van der Waals surface area contributed by atoms with Crippen molar-refractivity contribution in [1.29, 1.82) is 0 Å². The summed E-state index contributed by atoms with van der Waals surface area (Å²) in [6.45, 7) is 5.12. The van der Waals surface area contributed by atoms with Crippen molar-refractivity contribution in [2.75, 3.05) is 7.11 Å². The third-order valence-corrected chi connectivity index (χ3v) is 3.12. The van der Waals surface area contributed by atoms with Gasteiger partial charge in [-0.15, -0.1) is 0 Å². The Bertz CT molecular complexity index is 444. The standard InChI is InChI=1S/C13H18ClNO3/c1-8(16)13(2,3)15-12(17)10-6-5-9(14)7-11(10)18-4/h5-8,16H,1-4H3,(H,15,17). The van der Waals surface area contributed by atoms with Gasteiger partial charge < -0.3 is 15.2 Å². The molecule has 1 aromatic rings. The van der Waals surface area contributed by atoms with Gasteiger partial charge in [0.25, 0.3) is 5.91 Å². The number of halogens is 1. The molecule has 100 valence electrons. The van der Waals surface area contributed by atoms with E-state index < -0.39 is 11.6 Å². The highest BCUT2D eigenvalue weighted by Crippen LogP contribution is 2.23. The Morgan fingerprint density at radius 2 is 2.11 bits per heavy atom. The lowest BCUT2D eigenvalue weighted by Gasteiger charge is -2.29. The summed E-state index contributed by atoms with van der Waals surface area (Å²) in [5.74, 6) is 0.0933. The van der Waals surface area contributed by atoms with Crippen LogP contribution in [0, 0.1) is 0 Å². The van der Waals surface area contributed by atoms with Crippen molar-refractivity contribution in [3.8, 4) is 5.75 Å². The van der Waals surface area contributed by atoms with E-state index in [-0.39, 0.29) is 5.91 Å². The topological polar surface area (TPSA) is 58.6 Å². The minimum atomic E-state index is -0.721. The number of rotatable bonds is 4. The molecule has 18 heavy (non-hydrogen) atoms. The van der Waals surface area contributed by atoms with Crippen molar-refractivity contribution in [2.45, 2.75) is 32.4 Å². The number of hydrogen-bond acceptors (Lipinski definition) is 3. The molecule has 5 heteroatoms. The van der Waals surface area contributed by atoms with Crippen LogP contribution >= 0.6 is 11.6 Å². The Morgan fingerprint density at radius 1 is 1.50 bits per heavy atom. The molecule has 1 amide bonds. The first-order valence-electron chi connectivity index (χ1n) is 5.62. The SMILES string of the molecule is COc1cc(Cl)ccc1C(=O)NC(C)(C)C(C)O. The normalized spacial score (nSPS) is 13.0. The number of amides is 1. The summed E-state index contributed by atoms with van der Waals surface area (Å²) in [6, 6.07) is 4.79. The molecule has 0 bridgehead atoms. The molecule has 0 spiro atoms. The molecule has 1 aromatic carbocycles. The number of hydrogen-bond donors (Lipinski definition) is 2. The number of aliphatic hydroxyl groups is 1. The van der Waals surface area contributed by atoms with Crippen LogP contribution in [0.1, 0.15) is 31.1 Å². The molecule has 0 heterocycles. The monoisotopic (exact) mass is 271 g/mol. The minimum absolute atomic E-state index is 0.311. The van der Waals surface area contributed by atoms with E-state index in [0.29, 0.717) is 16.3 Å². The van der Waals surface area contributed by atoms with E-state index in [1.165, 1.54) is 7.11 Å². The van der Waals surface area contributed by atoms with E-state index in [2.05, 4.69) is 5.32 Å². The van der Waals surface area contributed by atoms with Gasteiger partial charge in [0.15, 0.2) is 0 Å². The van der Waals surface area contributed by atoms with Gasteiger partial charge in [0, 0.05) is 5.02 Å². The van der Waals surface area contributed by atoms with Crippen LogP contribution in [0.2, 0.25) is 5.02 Å². The van der Waals surface area contributed by atoms with Gasteiger partial charge in [0.05, 0.1) is 24.3 Å². The Morgan fingerprint density at radius 3 is 2.61 bits per heavy atom. The summed E-state index contributed by atoms with van der Waals surface area (Å²) in [5, 5.41) is 12.8. The zero-order valence-corrected chi connectivity index (χ0v) is 11.7. The highest BCUT2D eigenvalue weighted by atomic mass is 35.5. The molecule has 0 aliphatic carbocycles. The van der Waals surface area contributed by atoms with Gasteiger partial charge in [-0.1, -0.05) is 11.6 Å². The number of nitrogens with one attached hydrogen (secondary N) is 1. The lowest BCUT2D eigenvalue weighted by atomic mass is 9.98. The molecule has 0 fully saturated rings. The van der Waals surface area contributed by atoms with Crippen molar-refractivity contribution in [3.05, 3.63) is 28.8 Å². The van der Waals surface area contributed by atoms with Crippen LogP contribution in [-0.4, -0.2) is 29.8 Å². The fraction of sp³-hybridized carbons (Fsp3) is 0.462. The Labute approximate surface area is 112 Å². The molecule has 1 unspecified atom stereocenters. The molecule has 4 nitrogen and oxygen atoms in total. The molecule has 2 N–H and O–H groups in total. The van der Waals surface area contributed by atoms with Gasteiger partial charge >= 0.3 is 0 Å². The number of carbonyl (C=O) groups is 1. The number of methoxy groups -OCH3 is 1. The molecule has 0 radical (unpaired) electrons. The maximum absolute atomic E-state index is 12.1. The van der Waals surface area contributed by atoms with Crippen molar-refractivity contribution in [1.82, 2.24) is 5.32 Å². The fourth-order valence-corrected chi connectivity index (χ4v) is 1.48. The number of benzene rings is 1. The number of ether oxygens (including phenoxy) is 1. The van der Waals surface area contributed by atoms with Gasteiger partial charge in [-0.05, 0) is 39.0 Å². The van der Waals surface area contributed by atoms with Crippen LogP contribution in [0.3, 0.4) is 0 Å². The molecule has 1 rings (SSSR count). The van der Waals surface area contributed by atoms with Crippen molar-refractivity contribution in [2.24, 2.45) is 0 Å². The molecule has 0 aliphatic heterocycles.